The minimum atomic E-state index is -0.0979. The van der Waals surface area contributed by atoms with Crippen molar-refractivity contribution in [2.45, 2.75) is 43.5 Å². The molecule has 2 aromatic rings. The highest BCUT2D eigenvalue weighted by Gasteiger charge is 2.41. The van der Waals surface area contributed by atoms with Crippen LogP contribution >= 0.6 is 27.7 Å². The number of hydrogen-bond acceptors (Lipinski definition) is 5. The van der Waals surface area contributed by atoms with Crippen LogP contribution in [-0.2, 0) is 16.1 Å². The molecule has 0 spiro atoms. The van der Waals surface area contributed by atoms with Gasteiger partial charge in [-0.1, -0.05) is 49.2 Å². The van der Waals surface area contributed by atoms with Crippen molar-refractivity contribution in [3.05, 3.63) is 69.0 Å². The molecule has 2 unspecified atom stereocenters. The molecule has 192 valence electrons. The number of ether oxygens (including phenoxy) is 1. The Hall–Kier alpha value is -2.29. The van der Waals surface area contributed by atoms with E-state index >= 15 is 0 Å². The molecule has 1 saturated heterocycles. The SMILES string of the molecule is COc1ccc(/C=C2/SC3CCCCC3N(CC(=O)NCCN(C)Cc3ccccc3)C2=O)cc1Br. The molecule has 2 fully saturated rings. The fourth-order valence-electron chi connectivity index (χ4n) is 4.86. The molecule has 2 atom stereocenters. The minimum Gasteiger partial charge on any atom is -0.496 e. The highest BCUT2D eigenvalue weighted by molar-refractivity contribution is 9.10. The number of halogens is 1. The third-order valence-corrected chi connectivity index (χ3v) is 8.74. The standard InChI is InChI=1S/C28H34BrN3O3S/c1-31(18-20-8-4-3-5-9-20)15-14-30-27(33)19-32-23-10-6-7-11-25(23)36-26(28(32)34)17-21-12-13-24(35-2)22(29)16-21/h3-5,8-9,12-13,16-17,23,25H,6-7,10-11,14-15,18-19H2,1-2H3,(H,30,33)/b26-17+. The lowest BCUT2D eigenvalue weighted by Crippen LogP contribution is -2.54. The first-order valence-corrected chi connectivity index (χ1v) is 14.1. The van der Waals surface area contributed by atoms with Gasteiger partial charge in [-0.15, -0.1) is 11.8 Å². The number of thioether (sulfide) groups is 1. The number of amides is 2. The first kappa shape index (κ1) is 26.8. The van der Waals surface area contributed by atoms with Crippen molar-refractivity contribution in [3.8, 4) is 5.75 Å². The van der Waals surface area contributed by atoms with Crippen molar-refractivity contribution in [2.24, 2.45) is 0 Å². The molecule has 0 radical (unpaired) electrons. The molecular weight excluding hydrogens is 538 g/mol. The fourth-order valence-corrected chi connectivity index (χ4v) is 6.89. The van der Waals surface area contributed by atoms with Gasteiger partial charge in [0, 0.05) is 30.9 Å². The van der Waals surface area contributed by atoms with Crippen molar-refractivity contribution in [3.63, 3.8) is 0 Å². The maximum absolute atomic E-state index is 13.5. The quantitative estimate of drug-likeness (QED) is 0.432. The van der Waals surface area contributed by atoms with E-state index in [0.29, 0.717) is 16.7 Å². The summed E-state index contributed by atoms with van der Waals surface area (Å²) >= 11 is 5.20. The van der Waals surface area contributed by atoms with Gasteiger partial charge in [-0.2, -0.15) is 0 Å². The Morgan fingerprint density at radius 2 is 2.00 bits per heavy atom. The van der Waals surface area contributed by atoms with Gasteiger partial charge in [0.05, 0.1) is 16.5 Å². The van der Waals surface area contributed by atoms with E-state index in [0.717, 1.165) is 54.6 Å². The van der Waals surface area contributed by atoms with Crippen LogP contribution in [-0.4, -0.2) is 66.7 Å². The van der Waals surface area contributed by atoms with Crippen LogP contribution in [0.25, 0.3) is 6.08 Å². The predicted octanol–water partition coefficient (Wildman–Crippen LogP) is 4.93. The van der Waals surface area contributed by atoms with Crippen LogP contribution < -0.4 is 10.1 Å². The highest BCUT2D eigenvalue weighted by atomic mass is 79.9. The first-order chi connectivity index (χ1) is 17.4. The average Bonchev–Trinajstić information content (AvgIpc) is 2.87. The van der Waals surface area contributed by atoms with Crippen LogP contribution in [0.15, 0.2) is 57.9 Å². The third-order valence-electron chi connectivity index (χ3n) is 6.72. The van der Waals surface area contributed by atoms with Crippen LogP contribution in [0.5, 0.6) is 5.75 Å². The van der Waals surface area contributed by atoms with Crippen molar-refractivity contribution in [1.29, 1.82) is 0 Å². The molecule has 8 heteroatoms. The summed E-state index contributed by atoms with van der Waals surface area (Å²) in [4.78, 5) is 31.1. The van der Waals surface area contributed by atoms with E-state index in [1.807, 2.05) is 54.4 Å². The maximum atomic E-state index is 13.5. The molecule has 1 heterocycles. The topological polar surface area (TPSA) is 61.9 Å². The molecule has 36 heavy (non-hydrogen) atoms. The molecular formula is C28H34BrN3O3S. The molecule has 2 aromatic carbocycles. The normalized spacial score (nSPS) is 20.9. The number of hydrogen-bond donors (Lipinski definition) is 1. The van der Waals surface area contributed by atoms with Gasteiger partial charge in [0.1, 0.15) is 12.3 Å². The van der Waals surface area contributed by atoms with E-state index in [-0.39, 0.29) is 24.4 Å². The zero-order valence-electron chi connectivity index (χ0n) is 20.9. The van der Waals surface area contributed by atoms with Crippen molar-refractivity contribution >= 4 is 45.6 Å². The van der Waals surface area contributed by atoms with Crippen LogP contribution in [0.4, 0.5) is 0 Å². The Morgan fingerprint density at radius 1 is 1.22 bits per heavy atom. The number of carbonyl (C=O) groups excluding carboxylic acids is 2. The lowest BCUT2D eigenvalue weighted by Gasteiger charge is -2.43. The molecule has 1 aliphatic heterocycles. The Labute approximate surface area is 226 Å². The number of benzene rings is 2. The molecule has 0 aromatic heterocycles. The Bertz CT molecular complexity index is 1090. The molecule has 2 aliphatic rings. The minimum absolute atomic E-state index is 0.0496. The largest absolute Gasteiger partial charge is 0.496 e. The first-order valence-electron chi connectivity index (χ1n) is 12.5. The second-order valence-corrected chi connectivity index (χ2v) is 11.6. The van der Waals surface area contributed by atoms with E-state index in [9.17, 15) is 9.59 Å². The summed E-state index contributed by atoms with van der Waals surface area (Å²) in [6, 6.07) is 16.2. The number of methoxy groups -OCH3 is 1. The molecule has 4 rings (SSSR count). The number of fused-ring (bicyclic) bond motifs is 1. The van der Waals surface area contributed by atoms with Gasteiger partial charge < -0.3 is 19.9 Å². The van der Waals surface area contributed by atoms with Crippen LogP contribution in [0, 0.1) is 0 Å². The van der Waals surface area contributed by atoms with Gasteiger partial charge >= 0.3 is 0 Å². The molecule has 1 aliphatic carbocycles. The lowest BCUT2D eigenvalue weighted by atomic mass is 9.93. The Morgan fingerprint density at radius 3 is 2.75 bits per heavy atom. The summed E-state index contributed by atoms with van der Waals surface area (Å²) in [5.74, 6) is 0.602. The molecule has 0 bridgehead atoms. The van der Waals surface area contributed by atoms with Crippen LogP contribution in [0.3, 0.4) is 0 Å². The van der Waals surface area contributed by atoms with Crippen LogP contribution in [0.1, 0.15) is 36.8 Å². The average molecular weight is 573 g/mol. The van der Waals surface area contributed by atoms with E-state index in [1.165, 1.54) is 5.56 Å². The smallest absolute Gasteiger partial charge is 0.261 e. The second kappa shape index (κ2) is 12.8. The van der Waals surface area contributed by atoms with E-state index in [1.54, 1.807) is 18.9 Å². The summed E-state index contributed by atoms with van der Waals surface area (Å²) in [6.45, 7) is 2.23. The number of nitrogens with zero attached hydrogens (tertiary/aromatic N) is 2. The van der Waals surface area contributed by atoms with Gasteiger partial charge in [0.2, 0.25) is 5.91 Å². The van der Waals surface area contributed by atoms with Gasteiger partial charge in [-0.05, 0) is 65.2 Å². The summed E-state index contributed by atoms with van der Waals surface area (Å²) in [5.41, 5.74) is 2.17. The summed E-state index contributed by atoms with van der Waals surface area (Å²) < 4.78 is 6.17. The van der Waals surface area contributed by atoms with E-state index < -0.39 is 0 Å². The molecule has 1 N–H and O–H groups in total. The van der Waals surface area contributed by atoms with Crippen molar-refractivity contribution in [1.82, 2.24) is 15.1 Å². The Kier molecular flexibility index (Phi) is 9.51. The summed E-state index contributed by atoms with van der Waals surface area (Å²) in [7, 11) is 3.68. The molecule has 6 nitrogen and oxygen atoms in total. The second-order valence-electron chi connectivity index (χ2n) is 9.42. The van der Waals surface area contributed by atoms with Gasteiger partial charge in [0.25, 0.3) is 5.91 Å². The number of carbonyl (C=O) groups is 2. The highest BCUT2D eigenvalue weighted by Crippen LogP contribution is 2.42. The lowest BCUT2D eigenvalue weighted by molar-refractivity contribution is -0.135. The summed E-state index contributed by atoms with van der Waals surface area (Å²) in [5, 5.41) is 3.35. The monoisotopic (exact) mass is 571 g/mol. The van der Waals surface area contributed by atoms with Gasteiger partial charge in [0.15, 0.2) is 0 Å². The van der Waals surface area contributed by atoms with Crippen LogP contribution in [0.2, 0.25) is 0 Å². The fraction of sp³-hybridized carbons (Fsp3) is 0.429. The van der Waals surface area contributed by atoms with Crippen molar-refractivity contribution < 1.29 is 14.3 Å². The van der Waals surface area contributed by atoms with Crippen molar-refractivity contribution in [2.75, 3.05) is 33.8 Å². The summed E-state index contributed by atoms with van der Waals surface area (Å²) in [6.07, 6.45) is 6.22. The third kappa shape index (κ3) is 6.93. The number of likely N-dealkylation sites (N-methyl/N-ethyl adjacent to an activating group) is 1. The Balaban J connectivity index is 1.38. The zero-order valence-corrected chi connectivity index (χ0v) is 23.3. The molecule has 1 saturated carbocycles. The van der Waals surface area contributed by atoms with E-state index in [4.69, 9.17) is 4.74 Å². The number of rotatable bonds is 9. The van der Waals surface area contributed by atoms with E-state index in [2.05, 4.69) is 38.3 Å². The maximum Gasteiger partial charge on any atom is 0.261 e. The predicted molar refractivity (Wildman–Crippen MR) is 150 cm³/mol. The molecule has 2 amide bonds. The van der Waals surface area contributed by atoms with Gasteiger partial charge in [-0.3, -0.25) is 9.59 Å². The van der Waals surface area contributed by atoms with Gasteiger partial charge in [-0.25, -0.2) is 0 Å². The zero-order chi connectivity index (χ0) is 25.5. The number of nitrogens with one attached hydrogen (secondary N) is 1.